The number of alkyl halides is 3. The second-order valence-electron chi connectivity index (χ2n) is 12.1. The van der Waals surface area contributed by atoms with E-state index < -0.39 is 23.8 Å². The molecule has 2 unspecified atom stereocenters. The van der Waals surface area contributed by atoms with E-state index in [1.807, 2.05) is 31.2 Å². The van der Waals surface area contributed by atoms with Gasteiger partial charge in [0, 0.05) is 45.1 Å². The number of benzene rings is 2. The van der Waals surface area contributed by atoms with E-state index in [9.17, 15) is 23.4 Å². The van der Waals surface area contributed by atoms with E-state index in [4.69, 9.17) is 10.00 Å². The summed E-state index contributed by atoms with van der Waals surface area (Å²) >= 11 is 0. The standard InChI is InChI=1S/C18H26N2O2.C16H22F3NO/c1-22-11-3-2-9-18(21,17-8-5-10-20-14-17)16-7-4-6-15(12-16)13-19;1-12-4-2-5-13(10-12)15(21,7-8-16(17,18)19)14-6-3-9-20-11-14/h4,6-7,12,17,20-21H,2-3,5,8-11,14H2,1H3;2,4-5,10,14,20-21H,3,6-9,11H2,1H3/t17?,18-;14?,15-/m11/s1. The van der Waals surface area contributed by atoms with Crippen molar-refractivity contribution >= 4 is 0 Å². The number of nitrogens with zero attached hydrogens (tertiary/aromatic N) is 1. The van der Waals surface area contributed by atoms with Gasteiger partial charge < -0.3 is 25.6 Å². The highest BCUT2D eigenvalue weighted by atomic mass is 19.4. The SMILES string of the molecule is COCCCC[C@@](O)(c1cccc(C#N)c1)C1CCCNC1.Cc1cccc([C@](O)(CCC(F)(F)F)C2CCCNC2)c1. The molecule has 2 aromatic carbocycles. The Hall–Kier alpha value is -2.48. The Balaban J connectivity index is 0.000000236. The highest BCUT2D eigenvalue weighted by Gasteiger charge is 2.42. The van der Waals surface area contributed by atoms with Crippen LogP contribution in [0.1, 0.15) is 80.0 Å². The van der Waals surface area contributed by atoms with E-state index in [0.717, 1.165) is 75.9 Å². The van der Waals surface area contributed by atoms with Gasteiger partial charge >= 0.3 is 6.18 Å². The predicted octanol–water partition coefficient (Wildman–Crippen LogP) is 6.09. The highest BCUT2D eigenvalue weighted by molar-refractivity contribution is 5.36. The number of hydrogen-bond donors (Lipinski definition) is 4. The van der Waals surface area contributed by atoms with Gasteiger partial charge in [0.25, 0.3) is 0 Å². The van der Waals surface area contributed by atoms with Crippen LogP contribution in [0.15, 0.2) is 48.5 Å². The molecule has 2 aromatic rings. The Morgan fingerprint density at radius 2 is 1.44 bits per heavy atom. The minimum absolute atomic E-state index is 0.185. The van der Waals surface area contributed by atoms with Crippen LogP contribution in [0.2, 0.25) is 0 Å². The highest BCUT2D eigenvalue weighted by Crippen LogP contribution is 2.41. The zero-order valence-corrected chi connectivity index (χ0v) is 25.6. The summed E-state index contributed by atoms with van der Waals surface area (Å²) in [7, 11) is 1.70. The third-order valence-corrected chi connectivity index (χ3v) is 8.90. The maximum atomic E-state index is 12.6. The number of nitriles is 1. The van der Waals surface area contributed by atoms with Crippen molar-refractivity contribution < 1.29 is 28.1 Å². The van der Waals surface area contributed by atoms with Crippen LogP contribution in [-0.2, 0) is 15.9 Å². The molecule has 2 fully saturated rings. The number of hydrogen-bond acceptors (Lipinski definition) is 6. The van der Waals surface area contributed by atoms with E-state index in [2.05, 4.69) is 16.7 Å². The van der Waals surface area contributed by atoms with Crippen molar-refractivity contribution in [2.45, 2.75) is 82.1 Å². The van der Waals surface area contributed by atoms with Gasteiger partial charge in [-0.25, -0.2) is 0 Å². The smallest absolute Gasteiger partial charge is 0.385 e. The van der Waals surface area contributed by atoms with Crippen LogP contribution in [0.25, 0.3) is 0 Å². The molecule has 0 radical (unpaired) electrons. The number of nitrogens with one attached hydrogen (secondary N) is 2. The molecule has 4 rings (SSSR count). The number of methoxy groups -OCH3 is 1. The van der Waals surface area contributed by atoms with Gasteiger partial charge in [-0.05, 0) is 94.6 Å². The lowest BCUT2D eigenvalue weighted by atomic mass is 9.74. The number of halogens is 3. The van der Waals surface area contributed by atoms with Crippen molar-refractivity contribution in [1.29, 1.82) is 5.26 Å². The summed E-state index contributed by atoms with van der Waals surface area (Å²) in [6, 6.07) is 16.8. The largest absolute Gasteiger partial charge is 0.389 e. The summed E-state index contributed by atoms with van der Waals surface area (Å²) < 4.78 is 43.0. The quantitative estimate of drug-likeness (QED) is 0.232. The number of ether oxygens (including phenoxy) is 1. The second-order valence-corrected chi connectivity index (χ2v) is 12.1. The van der Waals surface area contributed by atoms with Gasteiger partial charge in [-0.15, -0.1) is 0 Å². The molecule has 4 atom stereocenters. The molecule has 43 heavy (non-hydrogen) atoms. The van der Waals surface area contributed by atoms with Crippen LogP contribution in [0, 0.1) is 30.1 Å². The molecule has 0 saturated carbocycles. The third kappa shape index (κ3) is 10.3. The maximum absolute atomic E-state index is 12.6. The van der Waals surface area contributed by atoms with Crippen LogP contribution in [0.5, 0.6) is 0 Å². The van der Waals surface area contributed by atoms with Crippen LogP contribution in [-0.4, -0.2) is 56.3 Å². The summed E-state index contributed by atoms with van der Waals surface area (Å²) in [5.41, 5.74) is 0.736. The first-order valence-electron chi connectivity index (χ1n) is 15.5. The van der Waals surface area contributed by atoms with Crippen molar-refractivity contribution in [2.75, 3.05) is 39.9 Å². The Labute approximate surface area is 254 Å². The van der Waals surface area contributed by atoms with Crippen molar-refractivity contribution in [3.63, 3.8) is 0 Å². The molecule has 0 aromatic heterocycles. The molecule has 238 valence electrons. The average Bonchev–Trinajstić information content (AvgIpc) is 3.02. The first-order chi connectivity index (χ1) is 20.5. The number of aliphatic hydroxyl groups is 2. The summed E-state index contributed by atoms with van der Waals surface area (Å²) in [5, 5.41) is 38.2. The molecule has 0 aliphatic carbocycles. The Morgan fingerprint density at radius 3 is 1.95 bits per heavy atom. The normalized spacial score (nSPS) is 21.9. The molecule has 2 aliphatic heterocycles. The molecule has 0 spiro atoms. The molecule has 0 bridgehead atoms. The van der Waals surface area contributed by atoms with Crippen LogP contribution >= 0.6 is 0 Å². The van der Waals surface area contributed by atoms with Gasteiger partial charge in [0.1, 0.15) is 0 Å². The van der Waals surface area contributed by atoms with Gasteiger partial charge in [-0.3, -0.25) is 0 Å². The number of aryl methyl sites for hydroxylation is 1. The third-order valence-electron chi connectivity index (χ3n) is 8.90. The molecule has 9 heteroatoms. The summed E-state index contributed by atoms with van der Waals surface area (Å²) in [6.07, 6.45) is 0.792. The van der Waals surface area contributed by atoms with Crippen molar-refractivity contribution in [3.05, 3.63) is 70.8 Å². The topological polar surface area (TPSA) is 97.5 Å². The zero-order valence-electron chi connectivity index (χ0n) is 25.6. The molecular weight excluding hydrogens is 555 g/mol. The summed E-state index contributed by atoms with van der Waals surface area (Å²) in [6.45, 7) is 5.87. The lowest BCUT2D eigenvalue weighted by molar-refractivity contribution is -0.154. The lowest BCUT2D eigenvalue weighted by Gasteiger charge is -2.39. The van der Waals surface area contributed by atoms with Crippen molar-refractivity contribution in [3.8, 4) is 6.07 Å². The van der Waals surface area contributed by atoms with Crippen molar-refractivity contribution in [2.24, 2.45) is 11.8 Å². The summed E-state index contributed by atoms with van der Waals surface area (Å²) in [5.74, 6) is 0.00753. The van der Waals surface area contributed by atoms with Gasteiger partial charge in [0.15, 0.2) is 0 Å². The number of unbranched alkanes of at least 4 members (excludes halogenated alkanes) is 1. The first kappa shape index (κ1) is 35.0. The van der Waals surface area contributed by atoms with Gasteiger partial charge in [-0.1, -0.05) is 42.0 Å². The van der Waals surface area contributed by atoms with Gasteiger partial charge in [-0.2, -0.15) is 18.4 Å². The van der Waals surface area contributed by atoms with Gasteiger partial charge in [0.05, 0.1) is 22.8 Å². The van der Waals surface area contributed by atoms with E-state index in [1.165, 1.54) is 0 Å². The fourth-order valence-electron chi connectivity index (χ4n) is 6.43. The minimum atomic E-state index is -4.25. The zero-order chi connectivity index (χ0) is 31.3. The molecule has 2 saturated heterocycles. The van der Waals surface area contributed by atoms with E-state index in [0.29, 0.717) is 24.1 Å². The van der Waals surface area contributed by atoms with Crippen LogP contribution in [0.3, 0.4) is 0 Å². The van der Waals surface area contributed by atoms with E-state index in [-0.39, 0.29) is 18.3 Å². The molecule has 4 N–H and O–H groups in total. The maximum Gasteiger partial charge on any atom is 0.389 e. The molecule has 2 aliphatic rings. The second kappa shape index (κ2) is 16.6. The fraction of sp³-hybridized carbons (Fsp3) is 0.618. The van der Waals surface area contributed by atoms with E-state index >= 15 is 0 Å². The Bertz CT molecular complexity index is 1160. The number of rotatable bonds is 11. The van der Waals surface area contributed by atoms with Crippen LogP contribution < -0.4 is 10.6 Å². The minimum Gasteiger partial charge on any atom is -0.385 e. The lowest BCUT2D eigenvalue weighted by Crippen LogP contribution is -2.44. The molecule has 6 nitrogen and oxygen atoms in total. The molecule has 2 heterocycles. The molecular formula is C34H48F3N3O3. The average molecular weight is 604 g/mol. The fourth-order valence-corrected chi connectivity index (χ4v) is 6.43. The van der Waals surface area contributed by atoms with E-state index in [1.54, 1.807) is 31.4 Å². The van der Waals surface area contributed by atoms with Crippen molar-refractivity contribution in [1.82, 2.24) is 10.6 Å². The first-order valence-corrected chi connectivity index (χ1v) is 15.5. The Kier molecular flexibility index (Phi) is 13.5. The predicted molar refractivity (Wildman–Crippen MR) is 162 cm³/mol. The van der Waals surface area contributed by atoms with Gasteiger partial charge in [0.2, 0.25) is 0 Å². The Morgan fingerprint density at radius 1 is 0.860 bits per heavy atom. The monoisotopic (exact) mass is 603 g/mol. The molecule has 0 amide bonds. The van der Waals surface area contributed by atoms with Crippen LogP contribution in [0.4, 0.5) is 13.2 Å². The number of piperidine rings is 2. The summed E-state index contributed by atoms with van der Waals surface area (Å²) in [4.78, 5) is 0.